The maximum absolute atomic E-state index is 12.2. The molecule has 0 bridgehead atoms. The van der Waals surface area contributed by atoms with E-state index in [9.17, 15) is 4.79 Å². The smallest absolute Gasteiger partial charge is 0.256 e. The van der Waals surface area contributed by atoms with Crippen LogP contribution in [0.15, 0.2) is 45.3 Å². The molecule has 0 aliphatic rings. The predicted molar refractivity (Wildman–Crippen MR) is 85.7 cm³/mol. The summed E-state index contributed by atoms with van der Waals surface area (Å²) >= 11 is 6.84. The quantitative estimate of drug-likeness (QED) is 0.770. The average Bonchev–Trinajstić information content (AvgIpc) is 2.26. The van der Waals surface area contributed by atoms with Gasteiger partial charge in [-0.2, -0.15) is 0 Å². The van der Waals surface area contributed by atoms with Gasteiger partial charge in [-0.25, -0.2) is 0 Å². The maximum atomic E-state index is 12.2. The molecule has 0 saturated heterocycles. The molecule has 0 saturated carbocycles. The van der Waals surface area contributed by atoms with E-state index < -0.39 is 0 Å². The number of anilines is 1. The van der Waals surface area contributed by atoms with E-state index in [1.807, 2.05) is 50.2 Å². The first-order valence-electron chi connectivity index (χ1n) is 5.80. The fourth-order valence-electron chi connectivity index (χ4n) is 1.81. The fourth-order valence-corrected chi connectivity index (χ4v) is 3.09. The first-order chi connectivity index (χ1) is 8.95. The van der Waals surface area contributed by atoms with Gasteiger partial charge in [-0.05, 0) is 71.2 Å². The summed E-state index contributed by atoms with van der Waals surface area (Å²) in [5, 5.41) is 2.90. The van der Waals surface area contributed by atoms with Gasteiger partial charge in [0.25, 0.3) is 5.91 Å². The summed E-state index contributed by atoms with van der Waals surface area (Å²) in [5.41, 5.74) is 3.61. The van der Waals surface area contributed by atoms with E-state index in [-0.39, 0.29) is 5.91 Å². The Hall–Kier alpha value is -1.13. The number of halogens is 2. The molecule has 1 N–H and O–H groups in total. The van der Waals surface area contributed by atoms with Crippen LogP contribution in [-0.4, -0.2) is 5.91 Å². The minimum atomic E-state index is -0.121. The van der Waals surface area contributed by atoms with Crippen LogP contribution in [0.2, 0.25) is 0 Å². The maximum Gasteiger partial charge on any atom is 0.256 e. The highest BCUT2D eigenvalue weighted by Gasteiger charge is 2.10. The van der Waals surface area contributed by atoms with Crippen molar-refractivity contribution in [2.24, 2.45) is 0 Å². The van der Waals surface area contributed by atoms with E-state index in [1.165, 1.54) is 0 Å². The Balaban J connectivity index is 2.25. The van der Waals surface area contributed by atoms with Crippen molar-refractivity contribution in [3.8, 4) is 0 Å². The third-order valence-electron chi connectivity index (χ3n) is 2.67. The van der Waals surface area contributed by atoms with Crippen molar-refractivity contribution in [2.45, 2.75) is 13.8 Å². The molecule has 0 spiro atoms. The van der Waals surface area contributed by atoms with Gasteiger partial charge >= 0.3 is 0 Å². The van der Waals surface area contributed by atoms with Crippen molar-refractivity contribution in [1.82, 2.24) is 0 Å². The molecule has 2 nitrogen and oxygen atoms in total. The zero-order valence-corrected chi connectivity index (χ0v) is 13.8. The number of nitrogens with one attached hydrogen (secondary N) is 1. The highest BCUT2D eigenvalue weighted by molar-refractivity contribution is 9.10. The van der Waals surface area contributed by atoms with E-state index >= 15 is 0 Å². The van der Waals surface area contributed by atoms with Gasteiger partial charge in [0.15, 0.2) is 0 Å². The number of hydrogen-bond acceptors (Lipinski definition) is 1. The van der Waals surface area contributed by atoms with Crippen LogP contribution < -0.4 is 5.32 Å². The van der Waals surface area contributed by atoms with Crippen LogP contribution in [0.1, 0.15) is 21.5 Å². The van der Waals surface area contributed by atoms with Gasteiger partial charge < -0.3 is 5.32 Å². The normalized spacial score (nSPS) is 10.3. The molecule has 2 aromatic rings. The summed E-state index contributed by atoms with van der Waals surface area (Å²) in [4.78, 5) is 12.2. The third kappa shape index (κ3) is 3.67. The summed E-state index contributed by atoms with van der Waals surface area (Å²) in [6, 6.07) is 11.5. The minimum Gasteiger partial charge on any atom is -0.322 e. The Labute approximate surface area is 129 Å². The van der Waals surface area contributed by atoms with Crippen LogP contribution in [0.25, 0.3) is 0 Å². The molecule has 0 aliphatic carbocycles. The molecule has 2 aromatic carbocycles. The van der Waals surface area contributed by atoms with E-state index in [0.717, 1.165) is 25.8 Å². The van der Waals surface area contributed by atoms with Crippen molar-refractivity contribution in [3.05, 3.63) is 62.0 Å². The second-order valence-electron chi connectivity index (χ2n) is 4.45. The van der Waals surface area contributed by atoms with Crippen molar-refractivity contribution in [1.29, 1.82) is 0 Å². The Kier molecular flexibility index (Phi) is 4.42. The van der Waals surface area contributed by atoms with Crippen molar-refractivity contribution >= 4 is 43.5 Å². The molecular weight excluding hydrogens is 370 g/mol. The Morgan fingerprint density at radius 3 is 2.37 bits per heavy atom. The van der Waals surface area contributed by atoms with Crippen LogP contribution in [-0.2, 0) is 0 Å². The van der Waals surface area contributed by atoms with Gasteiger partial charge in [-0.1, -0.05) is 22.0 Å². The Morgan fingerprint density at radius 1 is 1.00 bits per heavy atom. The summed E-state index contributed by atoms with van der Waals surface area (Å²) in [6.45, 7) is 3.98. The number of amides is 1. The van der Waals surface area contributed by atoms with Gasteiger partial charge in [0, 0.05) is 14.6 Å². The number of aryl methyl sites for hydroxylation is 2. The van der Waals surface area contributed by atoms with Crippen LogP contribution >= 0.6 is 31.9 Å². The number of benzene rings is 2. The summed E-state index contributed by atoms with van der Waals surface area (Å²) in [7, 11) is 0. The van der Waals surface area contributed by atoms with Crippen molar-refractivity contribution < 1.29 is 4.79 Å². The van der Waals surface area contributed by atoms with Crippen LogP contribution in [0.3, 0.4) is 0 Å². The zero-order valence-electron chi connectivity index (χ0n) is 10.6. The van der Waals surface area contributed by atoms with Crippen molar-refractivity contribution in [2.75, 3.05) is 5.32 Å². The standard InChI is InChI=1S/C15H13Br2NO/c1-9-3-4-13(14(17)7-9)15(19)18-12-6-10(2)5-11(16)8-12/h3-8H,1-2H3,(H,18,19). The van der Waals surface area contributed by atoms with Gasteiger partial charge in [-0.3, -0.25) is 4.79 Å². The Morgan fingerprint density at radius 2 is 1.74 bits per heavy atom. The molecule has 19 heavy (non-hydrogen) atoms. The lowest BCUT2D eigenvalue weighted by molar-refractivity contribution is 0.102. The SMILES string of the molecule is Cc1cc(Br)cc(NC(=O)c2ccc(C)cc2Br)c1. The molecule has 98 valence electrons. The molecular formula is C15H13Br2NO. The van der Waals surface area contributed by atoms with Gasteiger partial charge in [0.2, 0.25) is 0 Å². The molecule has 1 amide bonds. The molecule has 0 fully saturated rings. The lowest BCUT2D eigenvalue weighted by atomic mass is 10.1. The number of carbonyl (C=O) groups is 1. The van der Waals surface area contributed by atoms with Crippen molar-refractivity contribution in [3.63, 3.8) is 0 Å². The second kappa shape index (κ2) is 5.88. The molecule has 0 atom stereocenters. The number of rotatable bonds is 2. The summed E-state index contributed by atoms with van der Waals surface area (Å²) < 4.78 is 1.75. The molecule has 0 aromatic heterocycles. The van der Waals surface area contributed by atoms with Gasteiger partial charge in [0.05, 0.1) is 5.56 Å². The van der Waals surface area contributed by atoms with Gasteiger partial charge in [0.1, 0.15) is 0 Å². The van der Waals surface area contributed by atoms with Crippen LogP contribution in [0.4, 0.5) is 5.69 Å². The predicted octanol–water partition coefficient (Wildman–Crippen LogP) is 5.08. The fraction of sp³-hybridized carbons (Fsp3) is 0.133. The summed E-state index contributed by atoms with van der Waals surface area (Å²) in [6.07, 6.45) is 0. The summed E-state index contributed by atoms with van der Waals surface area (Å²) in [5.74, 6) is -0.121. The number of carbonyl (C=O) groups excluding carboxylic acids is 1. The van der Waals surface area contributed by atoms with Crippen LogP contribution in [0.5, 0.6) is 0 Å². The van der Waals surface area contributed by atoms with E-state index in [2.05, 4.69) is 37.2 Å². The number of hydrogen-bond donors (Lipinski definition) is 1. The van der Waals surface area contributed by atoms with E-state index in [4.69, 9.17) is 0 Å². The van der Waals surface area contributed by atoms with E-state index in [0.29, 0.717) is 5.56 Å². The Bertz CT molecular complexity index is 618. The molecule has 2 rings (SSSR count). The topological polar surface area (TPSA) is 29.1 Å². The zero-order chi connectivity index (χ0) is 14.0. The molecule has 4 heteroatoms. The first kappa shape index (κ1) is 14.3. The van der Waals surface area contributed by atoms with E-state index in [1.54, 1.807) is 0 Å². The lowest BCUT2D eigenvalue weighted by Crippen LogP contribution is -2.12. The average molecular weight is 383 g/mol. The second-order valence-corrected chi connectivity index (χ2v) is 6.22. The molecule has 0 heterocycles. The largest absolute Gasteiger partial charge is 0.322 e. The molecule has 0 aliphatic heterocycles. The van der Waals surface area contributed by atoms with Crippen LogP contribution in [0, 0.1) is 13.8 Å². The van der Waals surface area contributed by atoms with Gasteiger partial charge in [-0.15, -0.1) is 0 Å². The third-order valence-corrected chi connectivity index (χ3v) is 3.78. The lowest BCUT2D eigenvalue weighted by Gasteiger charge is -2.09. The highest BCUT2D eigenvalue weighted by atomic mass is 79.9. The molecule has 0 radical (unpaired) electrons. The molecule has 0 unspecified atom stereocenters. The minimum absolute atomic E-state index is 0.121. The monoisotopic (exact) mass is 381 g/mol. The highest BCUT2D eigenvalue weighted by Crippen LogP contribution is 2.22. The first-order valence-corrected chi connectivity index (χ1v) is 7.39.